The maximum absolute atomic E-state index is 14.2. The Kier molecular flexibility index (Phi) is 9.09. The Morgan fingerprint density at radius 1 is 1.09 bits per heavy atom. The summed E-state index contributed by atoms with van der Waals surface area (Å²) in [6.07, 6.45) is 4.83. The normalized spacial score (nSPS) is 13.6. The van der Waals surface area contributed by atoms with Crippen LogP contribution in [-0.4, -0.2) is 54.9 Å². The number of hydrogen-bond acceptors (Lipinski definition) is 6. The van der Waals surface area contributed by atoms with Gasteiger partial charge in [-0.3, -0.25) is 9.59 Å². The number of benzene rings is 2. The van der Waals surface area contributed by atoms with Crippen LogP contribution in [0.3, 0.4) is 0 Å². The minimum absolute atomic E-state index is 0.00147. The standard InChI is InChI=1S/C32H37Cl2N5O4Si/c1-32(2,3)44(5,6)43-16-15-38(31(41)26-28(33)35-19-36-29(26)34)22-17-21-13-14-39(24-9-7-8-10-25(24)42-4)27(21)23(18-22)37-30(40)20-11-12-20/h7-10,13-14,17-20H,11-12,15-16H2,1-6H3,(H,37,40). The third-order valence-electron chi connectivity index (χ3n) is 8.43. The molecule has 1 aliphatic carbocycles. The van der Waals surface area contributed by atoms with Crippen LogP contribution in [0.4, 0.5) is 11.4 Å². The van der Waals surface area contributed by atoms with Crippen LogP contribution >= 0.6 is 23.2 Å². The number of nitrogens with zero attached hydrogens (tertiary/aromatic N) is 4. The third-order valence-corrected chi connectivity index (χ3v) is 13.5. The predicted molar refractivity (Wildman–Crippen MR) is 178 cm³/mol. The van der Waals surface area contributed by atoms with Crippen molar-refractivity contribution in [2.24, 2.45) is 5.92 Å². The zero-order valence-corrected chi connectivity index (χ0v) is 28.3. The van der Waals surface area contributed by atoms with Crippen LogP contribution in [0, 0.1) is 5.92 Å². The molecule has 1 saturated carbocycles. The highest BCUT2D eigenvalue weighted by molar-refractivity contribution is 6.74. The molecule has 232 valence electrons. The van der Waals surface area contributed by atoms with E-state index >= 15 is 0 Å². The number of anilines is 2. The summed E-state index contributed by atoms with van der Waals surface area (Å²) in [5, 5.41) is 3.84. The summed E-state index contributed by atoms with van der Waals surface area (Å²) in [6, 6.07) is 13.3. The molecule has 0 bridgehead atoms. The lowest BCUT2D eigenvalue weighted by Crippen LogP contribution is -2.43. The molecule has 12 heteroatoms. The highest BCUT2D eigenvalue weighted by Gasteiger charge is 2.37. The van der Waals surface area contributed by atoms with Gasteiger partial charge in [-0.05, 0) is 61.3 Å². The lowest BCUT2D eigenvalue weighted by molar-refractivity contribution is -0.117. The van der Waals surface area contributed by atoms with E-state index in [1.807, 2.05) is 53.2 Å². The molecule has 9 nitrogen and oxygen atoms in total. The molecule has 4 aromatic rings. The van der Waals surface area contributed by atoms with Crippen LogP contribution < -0.4 is 15.0 Å². The largest absolute Gasteiger partial charge is 0.495 e. The van der Waals surface area contributed by atoms with Gasteiger partial charge in [0.1, 0.15) is 27.9 Å². The van der Waals surface area contributed by atoms with Crippen LogP contribution in [0.5, 0.6) is 5.75 Å². The number of methoxy groups -OCH3 is 1. The van der Waals surface area contributed by atoms with Gasteiger partial charge in [-0.2, -0.15) is 0 Å². The first kappa shape index (κ1) is 32.0. The third kappa shape index (κ3) is 6.49. The Morgan fingerprint density at radius 3 is 2.41 bits per heavy atom. The predicted octanol–water partition coefficient (Wildman–Crippen LogP) is 7.75. The van der Waals surface area contributed by atoms with Crippen molar-refractivity contribution in [2.45, 2.75) is 51.7 Å². The van der Waals surface area contributed by atoms with Gasteiger partial charge in [-0.15, -0.1) is 0 Å². The molecule has 2 aromatic carbocycles. The molecule has 0 radical (unpaired) electrons. The molecule has 1 fully saturated rings. The van der Waals surface area contributed by atoms with E-state index in [1.54, 1.807) is 12.0 Å². The van der Waals surface area contributed by atoms with Crippen molar-refractivity contribution in [2.75, 3.05) is 30.5 Å². The number of carbonyl (C=O) groups is 2. The molecule has 2 amide bonds. The Labute approximate surface area is 268 Å². The van der Waals surface area contributed by atoms with E-state index in [2.05, 4.69) is 49.1 Å². The summed E-state index contributed by atoms with van der Waals surface area (Å²) >= 11 is 12.8. The van der Waals surface area contributed by atoms with Gasteiger partial charge >= 0.3 is 0 Å². The van der Waals surface area contributed by atoms with Crippen LogP contribution in [0.1, 0.15) is 44.0 Å². The lowest BCUT2D eigenvalue weighted by Gasteiger charge is -2.37. The summed E-state index contributed by atoms with van der Waals surface area (Å²) < 4.78 is 14.1. The molecule has 44 heavy (non-hydrogen) atoms. The summed E-state index contributed by atoms with van der Waals surface area (Å²) in [5.41, 5.74) is 2.70. The maximum Gasteiger partial charge on any atom is 0.264 e. The number of nitrogens with one attached hydrogen (secondary N) is 1. The average molecular weight is 655 g/mol. The molecule has 1 aliphatic rings. The molecule has 5 rings (SSSR count). The van der Waals surface area contributed by atoms with Crippen LogP contribution in [-0.2, 0) is 9.22 Å². The van der Waals surface area contributed by atoms with E-state index in [0.717, 1.165) is 29.4 Å². The van der Waals surface area contributed by atoms with Crippen molar-refractivity contribution < 1.29 is 18.8 Å². The number of aromatic nitrogens is 3. The van der Waals surface area contributed by atoms with E-state index in [-0.39, 0.29) is 45.9 Å². The van der Waals surface area contributed by atoms with Crippen LogP contribution in [0.15, 0.2) is 55.0 Å². The van der Waals surface area contributed by atoms with Crippen LogP contribution in [0.25, 0.3) is 16.6 Å². The average Bonchev–Trinajstić information content (AvgIpc) is 3.74. The second kappa shape index (κ2) is 12.5. The number of hydrogen-bond donors (Lipinski definition) is 1. The molecule has 0 saturated heterocycles. The molecular formula is C32H37Cl2N5O4Si. The number of fused-ring (bicyclic) bond motifs is 1. The fourth-order valence-corrected chi connectivity index (χ4v) is 6.25. The van der Waals surface area contributed by atoms with Crippen molar-refractivity contribution in [3.8, 4) is 11.4 Å². The summed E-state index contributed by atoms with van der Waals surface area (Å²) in [5.74, 6) is 0.125. The van der Waals surface area contributed by atoms with Gasteiger partial charge in [0.15, 0.2) is 8.32 Å². The van der Waals surface area contributed by atoms with Crippen molar-refractivity contribution in [1.29, 1.82) is 0 Å². The molecular weight excluding hydrogens is 617 g/mol. The Hall–Kier alpha value is -3.44. The second-order valence-electron chi connectivity index (χ2n) is 12.4. The van der Waals surface area contributed by atoms with Gasteiger partial charge in [0, 0.05) is 29.7 Å². The molecule has 2 heterocycles. The summed E-state index contributed by atoms with van der Waals surface area (Å²) in [6.45, 7) is 11.3. The molecule has 0 unspecified atom stereocenters. The number of para-hydroxylation sites is 2. The summed E-state index contributed by atoms with van der Waals surface area (Å²) in [7, 11) is -0.499. The number of carbonyl (C=O) groups excluding carboxylic acids is 2. The monoisotopic (exact) mass is 653 g/mol. The molecule has 0 aliphatic heterocycles. The molecule has 0 spiro atoms. The minimum atomic E-state index is -2.12. The van der Waals surface area contributed by atoms with Crippen LogP contribution in [0.2, 0.25) is 28.4 Å². The van der Waals surface area contributed by atoms with E-state index in [1.165, 1.54) is 6.33 Å². The quantitative estimate of drug-likeness (QED) is 0.139. The smallest absolute Gasteiger partial charge is 0.264 e. The number of halogens is 2. The lowest BCUT2D eigenvalue weighted by atomic mass is 10.1. The Morgan fingerprint density at radius 2 is 1.77 bits per heavy atom. The minimum Gasteiger partial charge on any atom is -0.495 e. The van der Waals surface area contributed by atoms with E-state index in [4.69, 9.17) is 32.4 Å². The first-order valence-corrected chi connectivity index (χ1v) is 18.2. The van der Waals surface area contributed by atoms with Gasteiger partial charge in [0.05, 0.1) is 30.6 Å². The van der Waals surface area contributed by atoms with Crippen molar-refractivity contribution >= 4 is 65.6 Å². The van der Waals surface area contributed by atoms with Gasteiger partial charge in [0.2, 0.25) is 5.91 Å². The highest BCUT2D eigenvalue weighted by atomic mass is 35.5. The highest BCUT2D eigenvalue weighted by Crippen LogP contribution is 2.39. The van der Waals surface area contributed by atoms with Gasteiger partial charge in [-0.25, -0.2) is 9.97 Å². The van der Waals surface area contributed by atoms with E-state index in [0.29, 0.717) is 17.1 Å². The van der Waals surface area contributed by atoms with Gasteiger partial charge < -0.3 is 23.9 Å². The number of amides is 2. The Bertz CT molecular complexity index is 1690. The number of rotatable bonds is 10. The first-order valence-electron chi connectivity index (χ1n) is 14.5. The van der Waals surface area contributed by atoms with E-state index < -0.39 is 14.2 Å². The van der Waals surface area contributed by atoms with Crippen molar-refractivity contribution in [3.05, 3.63) is 70.9 Å². The molecule has 2 aromatic heterocycles. The SMILES string of the molecule is COc1ccccc1-n1ccc2cc(N(CCO[Si](C)(C)C(C)(C)C)C(=O)c3c(Cl)ncnc3Cl)cc(NC(=O)C3CC3)c21. The maximum atomic E-state index is 14.2. The summed E-state index contributed by atoms with van der Waals surface area (Å²) in [4.78, 5) is 36.9. The zero-order valence-electron chi connectivity index (χ0n) is 25.8. The second-order valence-corrected chi connectivity index (χ2v) is 18.0. The van der Waals surface area contributed by atoms with Gasteiger partial charge in [0.25, 0.3) is 5.91 Å². The fraction of sp³-hybridized carbons (Fsp3) is 0.375. The van der Waals surface area contributed by atoms with E-state index in [9.17, 15) is 9.59 Å². The molecule has 1 N–H and O–H groups in total. The van der Waals surface area contributed by atoms with Crippen molar-refractivity contribution in [1.82, 2.24) is 14.5 Å². The van der Waals surface area contributed by atoms with Gasteiger partial charge in [-0.1, -0.05) is 56.1 Å². The number of ether oxygens (including phenoxy) is 1. The topological polar surface area (TPSA) is 98.6 Å². The fourth-order valence-electron chi connectivity index (χ4n) is 4.74. The first-order chi connectivity index (χ1) is 20.8. The molecule has 0 atom stereocenters. The zero-order chi connectivity index (χ0) is 31.8. The van der Waals surface area contributed by atoms with Crippen molar-refractivity contribution in [3.63, 3.8) is 0 Å². The Balaban J connectivity index is 1.63.